The second-order valence-electron chi connectivity index (χ2n) is 4.01. The summed E-state index contributed by atoms with van der Waals surface area (Å²) in [6, 6.07) is 6.48. The maximum Gasteiger partial charge on any atom is 0.265 e. The molecule has 3 nitrogen and oxygen atoms in total. The molecule has 0 aliphatic carbocycles. The van der Waals surface area contributed by atoms with Crippen molar-refractivity contribution in [1.82, 2.24) is 0 Å². The zero-order chi connectivity index (χ0) is 13.3. The van der Waals surface area contributed by atoms with Crippen molar-refractivity contribution in [2.75, 3.05) is 11.1 Å². The Morgan fingerprint density at radius 2 is 2.11 bits per heavy atom. The Balaban J connectivity index is 2.24. The van der Waals surface area contributed by atoms with Crippen molar-refractivity contribution in [2.45, 2.75) is 13.8 Å². The molecular formula is C13H13FN2OS. The minimum atomic E-state index is -0.410. The third-order valence-corrected chi connectivity index (χ3v) is 3.69. The second kappa shape index (κ2) is 4.78. The summed E-state index contributed by atoms with van der Waals surface area (Å²) in [7, 11) is 0. The van der Waals surface area contributed by atoms with Gasteiger partial charge in [-0.3, -0.25) is 4.79 Å². The molecule has 5 heteroatoms. The van der Waals surface area contributed by atoms with Gasteiger partial charge in [0.2, 0.25) is 0 Å². The average molecular weight is 264 g/mol. The van der Waals surface area contributed by atoms with Crippen LogP contribution in [-0.2, 0) is 0 Å². The zero-order valence-electron chi connectivity index (χ0n) is 10.1. The summed E-state index contributed by atoms with van der Waals surface area (Å²) in [4.78, 5) is 13.3. The molecular weight excluding hydrogens is 251 g/mol. The van der Waals surface area contributed by atoms with E-state index < -0.39 is 5.82 Å². The van der Waals surface area contributed by atoms with Gasteiger partial charge in [-0.1, -0.05) is 12.1 Å². The minimum Gasteiger partial charge on any atom is -0.398 e. The first-order valence-corrected chi connectivity index (χ1v) is 6.23. The standard InChI is InChI=1S/C13H13FN2OS/c1-7-4-3-5-10(12(7)14)16-13(17)11-6-9(15)8(2)18-11/h3-6H,15H2,1-2H3,(H,16,17). The van der Waals surface area contributed by atoms with Crippen LogP contribution in [0.2, 0.25) is 0 Å². The highest BCUT2D eigenvalue weighted by Crippen LogP contribution is 2.25. The van der Waals surface area contributed by atoms with Crippen molar-refractivity contribution in [1.29, 1.82) is 0 Å². The molecule has 0 fully saturated rings. The zero-order valence-corrected chi connectivity index (χ0v) is 10.9. The first-order chi connectivity index (χ1) is 8.49. The molecule has 1 aromatic carbocycles. The first kappa shape index (κ1) is 12.6. The number of halogens is 1. The molecule has 0 radical (unpaired) electrons. The molecule has 0 bridgehead atoms. The molecule has 0 aliphatic heterocycles. The monoisotopic (exact) mass is 264 g/mol. The molecule has 18 heavy (non-hydrogen) atoms. The molecule has 3 N–H and O–H groups in total. The van der Waals surface area contributed by atoms with E-state index in [0.29, 0.717) is 16.1 Å². The Bertz CT molecular complexity index is 588. The van der Waals surface area contributed by atoms with Gasteiger partial charge in [0.05, 0.1) is 10.6 Å². The van der Waals surface area contributed by atoms with Crippen LogP contribution in [0.25, 0.3) is 0 Å². The lowest BCUT2D eigenvalue weighted by Gasteiger charge is -2.06. The molecule has 0 atom stereocenters. The van der Waals surface area contributed by atoms with Gasteiger partial charge in [0.25, 0.3) is 5.91 Å². The molecule has 1 aromatic heterocycles. The SMILES string of the molecule is Cc1cccc(NC(=O)c2cc(N)c(C)s2)c1F. The highest BCUT2D eigenvalue weighted by atomic mass is 32.1. The van der Waals surface area contributed by atoms with E-state index in [-0.39, 0.29) is 11.6 Å². The number of aryl methyl sites for hydroxylation is 2. The van der Waals surface area contributed by atoms with Gasteiger partial charge in [-0.2, -0.15) is 0 Å². The largest absolute Gasteiger partial charge is 0.398 e. The minimum absolute atomic E-state index is 0.185. The summed E-state index contributed by atoms with van der Waals surface area (Å²) < 4.78 is 13.7. The number of anilines is 2. The molecule has 0 saturated heterocycles. The Labute approximate surface area is 108 Å². The Hall–Kier alpha value is -1.88. The van der Waals surface area contributed by atoms with Crippen LogP contribution in [0.15, 0.2) is 24.3 Å². The van der Waals surface area contributed by atoms with Gasteiger partial charge >= 0.3 is 0 Å². The molecule has 1 amide bonds. The van der Waals surface area contributed by atoms with E-state index >= 15 is 0 Å². The van der Waals surface area contributed by atoms with Crippen LogP contribution in [0, 0.1) is 19.7 Å². The van der Waals surface area contributed by atoms with Crippen LogP contribution in [0.5, 0.6) is 0 Å². The van der Waals surface area contributed by atoms with Gasteiger partial charge in [0, 0.05) is 10.6 Å². The molecule has 94 valence electrons. The van der Waals surface area contributed by atoms with Gasteiger partial charge in [0.15, 0.2) is 0 Å². The number of carbonyl (C=O) groups is 1. The summed E-state index contributed by atoms with van der Waals surface area (Å²) in [5.41, 5.74) is 6.94. The van der Waals surface area contributed by atoms with E-state index in [1.807, 2.05) is 6.92 Å². The second-order valence-corrected chi connectivity index (χ2v) is 5.27. The highest BCUT2D eigenvalue weighted by Gasteiger charge is 2.13. The number of amides is 1. The average Bonchev–Trinajstić information content (AvgIpc) is 2.66. The lowest BCUT2D eigenvalue weighted by atomic mass is 10.2. The number of carbonyl (C=O) groups excluding carboxylic acids is 1. The van der Waals surface area contributed by atoms with Crippen molar-refractivity contribution in [3.63, 3.8) is 0 Å². The van der Waals surface area contributed by atoms with Crippen LogP contribution < -0.4 is 11.1 Å². The van der Waals surface area contributed by atoms with Crippen molar-refractivity contribution in [3.05, 3.63) is 45.4 Å². The van der Waals surface area contributed by atoms with E-state index in [9.17, 15) is 9.18 Å². The molecule has 0 saturated carbocycles. The lowest BCUT2D eigenvalue weighted by molar-refractivity contribution is 0.103. The van der Waals surface area contributed by atoms with Crippen LogP contribution in [0.3, 0.4) is 0 Å². The lowest BCUT2D eigenvalue weighted by Crippen LogP contribution is -2.11. The molecule has 0 unspecified atom stereocenters. The Kier molecular flexibility index (Phi) is 3.34. The summed E-state index contributed by atoms with van der Waals surface area (Å²) in [5, 5.41) is 2.55. The molecule has 1 heterocycles. The van der Waals surface area contributed by atoms with Crippen LogP contribution in [0.1, 0.15) is 20.1 Å². The van der Waals surface area contributed by atoms with Crippen molar-refractivity contribution in [2.24, 2.45) is 0 Å². The number of hydrogen-bond acceptors (Lipinski definition) is 3. The van der Waals surface area contributed by atoms with Crippen molar-refractivity contribution >= 4 is 28.6 Å². The predicted molar refractivity (Wildman–Crippen MR) is 72.6 cm³/mol. The number of nitrogens with one attached hydrogen (secondary N) is 1. The van der Waals surface area contributed by atoms with Gasteiger partial charge in [-0.05, 0) is 31.5 Å². The van der Waals surface area contributed by atoms with Gasteiger partial charge < -0.3 is 11.1 Å². The van der Waals surface area contributed by atoms with Crippen molar-refractivity contribution < 1.29 is 9.18 Å². The fourth-order valence-electron chi connectivity index (χ4n) is 1.54. The number of nitrogens with two attached hydrogens (primary N) is 1. The number of thiophene rings is 1. The third-order valence-electron chi connectivity index (χ3n) is 2.62. The van der Waals surface area contributed by atoms with Crippen LogP contribution in [-0.4, -0.2) is 5.91 Å². The third kappa shape index (κ3) is 2.36. The normalized spacial score (nSPS) is 10.4. The number of benzene rings is 1. The Morgan fingerprint density at radius 1 is 1.39 bits per heavy atom. The highest BCUT2D eigenvalue weighted by molar-refractivity contribution is 7.14. The summed E-state index contributed by atoms with van der Waals surface area (Å²) in [6.07, 6.45) is 0. The van der Waals surface area contributed by atoms with E-state index in [2.05, 4.69) is 5.32 Å². The summed E-state index contributed by atoms with van der Waals surface area (Å²) in [6.45, 7) is 3.49. The van der Waals surface area contributed by atoms with Crippen LogP contribution in [0.4, 0.5) is 15.8 Å². The Morgan fingerprint density at radius 3 is 2.72 bits per heavy atom. The van der Waals surface area contributed by atoms with E-state index in [0.717, 1.165) is 4.88 Å². The molecule has 2 aromatic rings. The fourth-order valence-corrected chi connectivity index (χ4v) is 2.37. The number of hydrogen-bond donors (Lipinski definition) is 2. The fraction of sp³-hybridized carbons (Fsp3) is 0.154. The topological polar surface area (TPSA) is 55.1 Å². The van der Waals surface area contributed by atoms with Gasteiger partial charge in [-0.25, -0.2) is 4.39 Å². The number of rotatable bonds is 2. The number of nitrogen functional groups attached to an aromatic ring is 1. The van der Waals surface area contributed by atoms with Gasteiger partial charge in [0.1, 0.15) is 5.82 Å². The molecule has 2 rings (SSSR count). The summed E-state index contributed by atoms with van der Waals surface area (Å²) in [5.74, 6) is -0.753. The van der Waals surface area contributed by atoms with Crippen LogP contribution >= 0.6 is 11.3 Å². The first-order valence-electron chi connectivity index (χ1n) is 5.41. The predicted octanol–water partition coefficient (Wildman–Crippen LogP) is 3.34. The maximum atomic E-state index is 13.7. The van der Waals surface area contributed by atoms with E-state index in [1.165, 1.54) is 17.4 Å². The summed E-state index contributed by atoms with van der Waals surface area (Å²) >= 11 is 1.29. The molecule has 0 aliphatic rings. The van der Waals surface area contributed by atoms with E-state index in [4.69, 9.17) is 5.73 Å². The molecule has 0 spiro atoms. The smallest absolute Gasteiger partial charge is 0.265 e. The quantitative estimate of drug-likeness (QED) is 0.874. The van der Waals surface area contributed by atoms with Gasteiger partial charge in [-0.15, -0.1) is 11.3 Å². The maximum absolute atomic E-state index is 13.7. The van der Waals surface area contributed by atoms with E-state index in [1.54, 1.807) is 25.1 Å². The van der Waals surface area contributed by atoms with Crippen molar-refractivity contribution in [3.8, 4) is 0 Å².